The number of hydrogen-bond acceptors (Lipinski definition) is 5. The average molecular weight is 335 g/mol. The van der Waals surface area contributed by atoms with E-state index in [1.807, 2.05) is 6.07 Å². The SMILES string of the molecule is COCCN1C(=O)CC[C@@H](C(=O)O)[C@@H]1c1cccc2c1OCCO2. The number of methoxy groups -OCH3 is 1. The predicted molar refractivity (Wildman–Crippen MR) is 84.1 cm³/mol. The van der Waals surface area contributed by atoms with Gasteiger partial charge >= 0.3 is 5.97 Å². The molecule has 1 amide bonds. The van der Waals surface area contributed by atoms with Gasteiger partial charge in [-0.25, -0.2) is 0 Å². The summed E-state index contributed by atoms with van der Waals surface area (Å²) in [6.45, 7) is 1.55. The molecule has 7 heteroatoms. The topological polar surface area (TPSA) is 85.3 Å². The van der Waals surface area contributed by atoms with Gasteiger partial charge in [-0.3, -0.25) is 9.59 Å². The molecule has 0 radical (unpaired) electrons. The number of aliphatic carboxylic acids is 1. The fraction of sp³-hybridized carbons (Fsp3) is 0.529. The zero-order valence-corrected chi connectivity index (χ0v) is 13.6. The first-order valence-corrected chi connectivity index (χ1v) is 8.03. The van der Waals surface area contributed by atoms with Crippen molar-refractivity contribution in [2.45, 2.75) is 18.9 Å². The highest BCUT2D eigenvalue weighted by molar-refractivity contribution is 5.82. The van der Waals surface area contributed by atoms with Crippen LogP contribution in [-0.4, -0.2) is 55.4 Å². The van der Waals surface area contributed by atoms with Crippen molar-refractivity contribution in [2.24, 2.45) is 5.92 Å². The number of para-hydroxylation sites is 1. The van der Waals surface area contributed by atoms with Crippen molar-refractivity contribution in [3.8, 4) is 11.5 Å². The van der Waals surface area contributed by atoms with Crippen LogP contribution in [0.4, 0.5) is 0 Å². The number of carboxylic acid groups (broad SMARTS) is 1. The first kappa shape index (κ1) is 16.6. The number of likely N-dealkylation sites (tertiary alicyclic amines) is 1. The van der Waals surface area contributed by atoms with Gasteiger partial charge in [-0.15, -0.1) is 0 Å². The number of rotatable bonds is 5. The molecular weight excluding hydrogens is 314 g/mol. The second-order valence-corrected chi connectivity index (χ2v) is 5.88. The molecule has 0 saturated carbocycles. The van der Waals surface area contributed by atoms with Crippen molar-refractivity contribution in [1.29, 1.82) is 0 Å². The van der Waals surface area contributed by atoms with E-state index >= 15 is 0 Å². The molecule has 1 N–H and O–H groups in total. The van der Waals surface area contributed by atoms with Gasteiger partial charge in [0.25, 0.3) is 0 Å². The van der Waals surface area contributed by atoms with Gasteiger partial charge in [0.05, 0.1) is 18.6 Å². The molecule has 0 bridgehead atoms. The molecule has 130 valence electrons. The lowest BCUT2D eigenvalue weighted by atomic mass is 9.83. The third kappa shape index (κ3) is 3.03. The second kappa shape index (κ2) is 7.09. The molecule has 1 aromatic carbocycles. The molecule has 2 heterocycles. The van der Waals surface area contributed by atoms with Crippen molar-refractivity contribution < 1.29 is 28.9 Å². The van der Waals surface area contributed by atoms with E-state index in [-0.39, 0.29) is 12.3 Å². The first-order valence-electron chi connectivity index (χ1n) is 8.03. The van der Waals surface area contributed by atoms with Crippen molar-refractivity contribution in [3.63, 3.8) is 0 Å². The normalized spacial score (nSPS) is 23.2. The molecule has 0 spiro atoms. The van der Waals surface area contributed by atoms with Crippen LogP contribution < -0.4 is 9.47 Å². The van der Waals surface area contributed by atoms with E-state index in [0.717, 1.165) is 0 Å². The Morgan fingerprint density at radius 3 is 2.92 bits per heavy atom. The summed E-state index contributed by atoms with van der Waals surface area (Å²) in [5, 5.41) is 9.66. The fourth-order valence-corrected chi connectivity index (χ4v) is 3.38. The summed E-state index contributed by atoms with van der Waals surface area (Å²) in [6.07, 6.45) is 0.538. The van der Waals surface area contributed by atoms with Crippen LogP contribution in [0.3, 0.4) is 0 Å². The summed E-state index contributed by atoms with van der Waals surface area (Å²) in [5.74, 6) is -0.533. The van der Waals surface area contributed by atoms with E-state index in [0.29, 0.717) is 49.8 Å². The molecule has 2 atom stereocenters. The minimum atomic E-state index is -0.913. The number of ether oxygens (including phenoxy) is 3. The van der Waals surface area contributed by atoms with Crippen molar-refractivity contribution >= 4 is 11.9 Å². The molecular formula is C17H21NO6. The molecule has 2 aliphatic rings. The number of carboxylic acids is 1. The lowest BCUT2D eigenvalue weighted by Gasteiger charge is -2.40. The van der Waals surface area contributed by atoms with Gasteiger partial charge in [-0.05, 0) is 12.5 Å². The van der Waals surface area contributed by atoms with Crippen LogP contribution in [0.2, 0.25) is 0 Å². The van der Waals surface area contributed by atoms with Crippen LogP contribution >= 0.6 is 0 Å². The maximum atomic E-state index is 12.4. The molecule has 24 heavy (non-hydrogen) atoms. The molecule has 1 aromatic rings. The molecule has 2 aliphatic heterocycles. The molecule has 1 saturated heterocycles. The van der Waals surface area contributed by atoms with E-state index in [4.69, 9.17) is 14.2 Å². The van der Waals surface area contributed by atoms with Crippen LogP contribution in [0.1, 0.15) is 24.4 Å². The highest BCUT2D eigenvalue weighted by Gasteiger charge is 2.42. The van der Waals surface area contributed by atoms with Gasteiger partial charge in [-0.2, -0.15) is 0 Å². The Kier molecular flexibility index (Phi) is 4.89. The largest absolute Gasteiger partial charge is 0.486 e. The molecule has 3 rings (SSSR count). The Labute approximate surface area is 140 Å². The summed E-state index contributed by atoms with van der Waals surface area (Å²) in [6, 6.07) is 4.82. The Hall–Kier alpha value is -2.28. The van der Waals surface area contributed by atoms with Crippen LogP contribution in [0, 0.1) is 5.92 Å². The number of carbonyl (C=O) groups excluding carboxylic acids is 1. The summed E-state index contributed by atoms with van der Waals surface area (Å²) in [5.41, 5.74) is 0.684. The molecule has 1 fully saturated rings. The number of hydrogen-bond donors (Lipinski definition) is 1. The molecule has 7 nitrogen and oxygen atoms in total. The Morgan fingerprint density at radius 1 is 1.38 bits per heavy atom. The zero-order valence-electron chi connectivity index (χ0n) is 13.6. The van der Waals surface area contributed by atoms with Crippen LogP contribution in [0.25, 0.3) is 0 Å². The highest BCUT2D eigenvalue weighted by atomic mass is 16.6. The number of amides is 1. The van der Waals surface area contributed by atoms with E-state index in [2.05, 4.69) is 0 Å². The minimum Gasteiger partial charge on any atom is -0.486 e. The van der Waals surface area contributed by atoms with Crippen molar-refractivity contribution in [1.82, 2.24) is 4.90 Å². The first-order chi connectivity index (χ1) is 11.6. The number of fused-ring (bicyclic) bond motifs is 1. The molecule has 0 aliphatic carbocycles. The van der Waals surface area contributed by atoms with Crippen LogP contribution in [-0.2, 0) is 14.3 Å². The number of carbonyl (C=O) groups is 2. The standard InChI is InChI=1S/C17H21NO6/c1-22-8-7-18-14(19)6-5-12(17(20)21)15(18)11-3-2-4-13-16(11)24-10-9-23-13/h2-4,12,15H,5-10H2,1H3,(H,20,21)/t12-,15+/m1/s1. The van der Waals surface area contributed by atoms with Gasteiger partial charge in [-0.1, -0.05) is 12.1 Å². The van der Waals surface area contributed by atoms with Crippen molar-refractivity contribution in [3.05, 3.63) is 23.8 Å². The molecule has 0 unspecified atom stereocenters. The molecule has 0 aromatic heterocycles. The van der Waals surface area contributed by atoms with Gasteiger partial charge in [0.1, 0.15) is 13.2 Å². The van der Waals surface area contributed by atoms with Crippen LogP contribution in [0.15, 0.2) is 18.2 Å². The summed E-state index contributed by atoms with van der Waals surface area (Å²) < 4.78 is 16.4. The van der Waals surface area contributed by atoms with E-state index in [9.17, 15) is 14.7 Å². The van der Waals surface area contributed by atoms with Crippen molar-refractivity contribution in [2.75, 3.05) is 33.5 Å². The number of piperidine rings is 1. The van der Waals surface area contributed by atoms with Gasteiger partial charge in [0.15, 0.2) is 11.5 Å². The summed E-state index contributed by atoms with van der Waals surface area (Å²) in [7, 11) is 1.56. The smallest absolute Gasteiger partial charge is 0.308 e. The number of benzene rings is 1. The van der Waals surface area contributed by atoms with Gasteiger partial charge in [0.2, 0.25) is 5.91 Å². The third-order valence-electron chi connectivity index (χ3n) is 4.48. The van der Waals surface area contributed by atoms with Crippen LogP contribution in [0.5, 0.6) is 11.5 Å². The van der Waals surface area contributed by atoms with Gasteiger partial charge in [0, 0.05) is 25.6 Å². The number of nitrogens with zero attached hydrogens (tertiary/aromatic N) is 1. The average Bonchev–Trinajstić information content (AvgIpc) is 2.59. The van der Waals surface area contributed by atoms with E-state index < -0.39 is 17.9 Å². The Morgan fingerprint density at radius 2 is 2.17 bits per heavy atom. The minimum absolute atomic E-state index is 0.0659. The lowest BCUT2D eigenvalue weighted by molar-refractivity contribution is -0.152. The Bertz CT molecular complexity index is 632. The summed E-state index contributed by atoms with van der Waals surface area (Å²) >= 11 is 0. The Balaban J connectivity index is 2.04. The monoisotopic (exact) mass is 335 g/mol. The summed E-state index contributed by atoms with van der Waals surface area (Å²) in [4.78, 5) is 25.8. The van der Waals surface area contributed by atoms with Gasteiger partial charge < -0.3 is 24.2 Å². The second-order valence-electron chi connectivity index (χ2n) is 5.88. The zero-order chi connectivity index (χ0) is 17.1. The quantitative estimate of drug-likeness (QED) is 0.877. The predicted octanol–water partition coefficient (Wildman–Crippen LogP) is 1.47. The maximum absolute atomic E-state index is 12.4. The van der Waals surface area contributed by atoms with E-state index in [1.54, 1.807) is 24.1 Å². The highest BCUT2D eigenvalue weighted by Crippen LogP contribution is 2.44. The fourth-order valence-electron chi connectivity index (χ4n) is 3.38. The lowest BCUT2D eigenvalue weighted by Crippen LogP contribution is -2.46. The maximum Gasteiger partial charge on any atom is 0.308 e. The van der Waals surface area contributed by atoms with E-state index in [1.165, 1.54) is 0 Å². The third-order valence-corrected chi connectivity index (χ3v) is 4.48.